The molecule has 0 amide bonds. The highest BCUT2D eigenvalue weighted by Gasteiger charge is 2.29. The number of nitrogens with zero attached hydrogens (tertiary/aromatic N) is 4. The zero-order valence-corrected chi connectivity index (χ0v) is 38.3. The predicted octanol–water partition coefficient (Wildman–Crippen LogP) is 18.5. The summed E-state index contributed by atoms with van der Waals surface area (Å²) in [6.07, 6.45) is 0. The summed E-state index contributed by atoms with van der Waals surface area (Å²) in [7, 11) is 0. The lowest BCUT2D eigenvalue weighted by atomic mass is 10.0. The van der Waals surface area contributed by atoms with Gasteiger partial charge in [0, 0.05) is 39.2 Å². The first-order valence-electron chi connectivity index (χ1n) is 23.9. The third-order valence-corrected chi connectivity index (χ3v) is 13.6. The van der Waals surface area contributed by atoms with Crippen LogP contribution in [0.2, 0.25) is 0 Å². The summed E-state index contributed by atoms with van der Waals surface area (Å²) < 4.78 is 2.44. The standard InChI is InChI=1S/C66H46N4/c1-6-18-47(19-7-1)50-32-38-55(39-33-50)67(56-40-34-51(35-41-56)48-20-8-2-9-21-48)58-44-59-46-60(45-58)69(54-26-14-5-15-27-54)62-29-17-31-64-66(62)65-61(68(59)53-24-12-4-13-25-53)28-16-30-63(65)70(64)57-42-36-52(37-43-57)49-22-10-3-11-23-49/h1-46H. The van der Waals surface area contributed by atoms with Crippen LogP contribution in [0.3, 0.4) is 0 Å². The number of rotatable bonds is 9. The van der Waals surface area contributed by atoms with Crippen LogP contribution in [0, 0.1) is 0 Å². The van der Waals surface area contributed by atoms with Crippen LogP contribution in [0.5, 0.6) is 0 Å². The number of anilines is 9. The molecule has 0 aliphatic carbocycles. The van der Waals surface area contributed by atoms with Crippen LogP contribution in [0.1, 0.15) is 0 Å². The van der Waals surface area contributed by atoms with Crippen LogP contribution in [0.25, 0.3) is 60.9 Å². The third-order valence-electron chi connectivity index (χ3n) is 13.6. The molecule has 2 heterocycles. The fourth-order valence-electron chi connectivity index (χ4n) is 10.4. The molecule has 0 fully saturated rings. The van der Waals surface area contributed by atoms with Crippen molar-refractivity contribution in [1.29, 1.82) is 0 Å². The maximum atomic E-state index is 2.46. The van der Waals surface area contributed by atoms with Crippen molar-refractivity contribution in [3.8, 4) is 39.1 Å². The number of aromatic nitrogens is 1. The van der Waals surface area contributed by atoms with E-state index in [0.717, 1.165) is 67.9 Å². The van der Waals surface area contributed by atoms with Crippen molar-refractivity contribution in [2.24, 2.45) is 0 Å². The number of hydrogen-bond donors (Lipinski definition) is 0. The fourth-order valence-corrected chi connectivity index (χ4v) is 10.4. The molecule has 1 aliphatic heterocycles. The first-order valence-corrected chi connectivity index (χ1v) is 23.9. The van der Waals surface area contributed by atoms with Gasteiger partial charge < -0.3 is 19.3 Å². The lowest BCUT2D eigenvalue weighted by Gasteiger charge is -2.32. The summed E-state index contributed by atoms with van der Waals surface area (Å²) >= 11 is 0. The molecule has 330 valence electrons. The molecule has 0 atom stereocenters. The molecular formula is C66H46N4. The van der Waals surface area contributed by atoms with Crippen molar-refractivity contribution in [2.75, 3.05) is 14.7 Å². The van der Waals surface area contributed by atoms with Gasteiger partial charge in [0.25, 0.3) is 0 Å². The van der Waals surface area contributed by atoms with Crippen molar-refractivity contribution in [1.82, 2.24) is 4.57 Å². The Balaban J connectivity index is 1.07. The molecule has 0 spiro atoms. The molecule has 0 saturated carbocycles. The maximum Gasteiger partial charge on any atom is 0.0563 e. The molecule has 0 unspecified atom stereocenters. The van der Waals surface area contributed by atoms with Crippen molar-refractivity contribution < 1.29 is 0 Å². The predicted molar refractivity (Wildman–Crippen MR) is 295 cm³/mol. The van der Waals surface area contributed by atoms with Gasteiger partial charge in [-0.3, -0.25) is 0 Å². The molecule has 0 saturated heterocycles. The summed E-state index contributed by atoms with van der Waals surface area (Å²) in [6, 6.07) is 101. The molecule has 70 heavy (non-hydrogen) atoms. The Labute approximate surface area is 408 Å². The summed E-state index contributed by atoms with van der Waals surface area (Å²) in [6.45, 7) is 0. The summed E-state index contributed by atoms with van der Waals surface area (Å²) in [5.41, 5.74) is 20.1. The zero-order valence-electron chi connectivity index (χ0n) is 38.3. The third kappa shape index (κ3) is 7.18. The van der Waals surface area contributed by atoms with Crippen LogP contribution in [-0.2, 0) is 0 Å². The van der Waals surface area contributed by atoms with Crippen LogP contribution < -0.4 is 14.7 Å². The van der Waals surface area contributed by atoms with Gasteiger partial charge in [0.2, 0.25) is 0 Å². The van der Waals surface area contributed by atoms with E-state index in [0.29, 0.717) is 0 Å². The summed E-state index contributed by atoms with van der Waals surface area (Å²) in [5.74, 6) is 0. The van der Waals surface area contributed by atoms with E-state index in [1.165, 1.54) is 44.2 Å². The van der Waals surface area contributed by atoms with Crippen LogP contribution in [0.15, 0.2) is 279 Å². The highest BCUT2D eigenvalue weighted by Crippen LogP contribution is 2.53. The largest absolute Gasteiger partial charge is 0.310 e. The van der Waals surface area contributed by atoms with E-state index in [1.807, 2.05) is 0 Å². The van der Waals surface area contributed by atoms with Crippen molar-refractivity contribution in [2.45, 2.75) is 0 Å². The van der Waals surface area contributed by atoms with Gasteiger partial charge in [-0.15, -0.1) is 0 Å². The van der Waals surface area contributed by atoms with Crippen LogP contribution in [0.4, 0.5) is 51.2 Å². The van der Waals surface area contributed by atoms with E-state index < -0.39 is 0 Å². The molecule has 13 rings (SSSR count). The fraction of sp³-hybridized carbons (Fsp3) is 0. The quantitative estimate of drug-likeness (QED) is 0.143. The SMILES string of the molecule is c1ccc(-c2ccc(N(c3ccc(-c4ccccc4)cc3)c3cc4cc(c3)N(c3ccccc3)c3cccc5c3c3c(cccc3n5-c3ccc(-c5ccccc5)cc3)N4c3ccccc3)cc2)cc1. The van der Waals surface area contributed by atoms with Gasteiger partial charge in [0.1, 0.15) is 0 Å². The normalized spacial score (nSPS) is 11.9. The molecule has 0 N–H and O–H groups in total. The summed E-state index contributed by atoms with van der Waals surface area (Å²) in [4.78, 5) is 7.32. The highest BCUT2D eigenvalue weighted by molar-refractivity contribution is 6.22. The number of benzene rings is 11. The van der Waals surface area contributed by atoms with Gasteiger partial charge in [-0.05, 0) is 137 Å². The van der Waals surface area contributed by atoms with E-state index in [1.54, 1.807) is 0 Å². The smallest absolute Gasteiger partial charge is 0.0563 e. The molecule has 4 nitrogen and oxygen atoms in total. The molecule has 4 heteroatoms. The Morgan fingerprint density at radius 3 is 0.957 bits per heavy atom. The monoisotopic (exact) mass is 894 g/mol. The Kier molecular flexibility index (Phi) is 10.1. The first kappa shape index (κ1) is 40.9. The molecule has 12 aromatic rings. The van der Waals surface area contributed by atoms with Gasteiger partial charge >= 0.3 is 0 Å². The first-order chi connectivity index (χ1) is 34.7. The number of fused-ring (bicyclic) bond motifs is 2. The Hall–Kier alpha value is -9.38. The minimum absolute atomic E-state index is 1.03. The van der Waals surface area contributed by atoms with E-state index in [2.05, 4.69) is 298 Å². The molecule has 11 aromatic carbocycles. The minimum Gasteiger partial charge on any atom is -0.310 e. The molecule has 1 aliphatic rings. The molecule has 0 radical (unpaired) electrons. The van der Waals surface area contributed by atoms with Gasteiger partial charge in [-0.2, -0.15) is 0 Å². The Bertz CT molecular complexity index is 3570. The zero-order chi connectivity index (χ0) is 46.4. The number of hydrogen-bond acceptors (Lipinski definition) is 3. The Morgan fingerprint density at radius 2 is 0.571 bits per heavy atom. The average molecular weight is 895 g/mol. The van der Waals surface area contributed by atoms with Gasteiger partial charge in [-0.1, -0.05) is 176 Å². The lowest BCUT2D eigenvalue weighted by Crippen LogP contribution is -2.15. The van der Waals surface area contributed by atoms with Crippen LogP contribution in [-0.4, -0.2) is 4.57 Å². The molecular weight excluding hydrogens is 849 g/mol. The van der Waals surface area contributed by atoms with E-state index in [4.69, 9.17) is 0 Å². The second-order valence-electron chi connectivity index (χ2n) is 17.8. The van der Waals surface area contributed by atoms with Gasteiger partial charge in [0.15, 0.2) is 0 Å². The second kappa shape index (κ2) is 17.4. The van der Waals surface area contributed by atoms with Gasteiger partial charge in [0.05, 0.1) is 39.5 Å². The average Bonchev–Trinajstić information content (AvgIpc) is 3.79. The van der Waals surface area contributed by atoms with Crippen molar-refractivity contribution >= 4 is 73.0 Å². The maximum absolute atomic E-state index is 2.46. The molecule has 2 bridgehead atoms. The second-order valence-corrected chi connectivity index (χ2v) is 17.8. The minimum atomic E-state index is 1.03. The lowest BCUT2D eigenvalue weighted by molar-refractivity contribution is 1.18. The van der Waals surface area contributed by atoms with E-state index in [9.17, 15) is 0 Å². The van der Waals surface area contributed by atoms with Crippen LogP contribution >= 0.6 is 0 Å². The topological polar surface area (TPSA) is 14.7 Å². The molecule has 1 aromatic heterocycles. The highest BCUT2D eigenvalue weighted by atomic mass is 15.2. The van der Waals surface area contributed by atoms with E-state index in [-0.39, 0.29) is 0 Å². The van der Waals surface area contributed by atoms with Crippen molar-refractivity contribution in [3.63, 3.8) is 0 Å². The Morgan fingerprint density at radius 1 is 0.229 bits per heavy atom. The van der Waals surface area contributed by atoms with Gasteiger partial charge in [-0.25, -0.2) is 0 Å². The number of para-hydroxylation sites is 2. The summed E-state index contributed by atoms with van der Waals surface area (Å²) in [5, 5.41) is 2.36. The van der Waals surface area contributed by atoms with E-state index >= 15 is 0 Å². The van der Waals surface area contributed by atoms with Crippen molar-refractivity contribution in [3.05, 3.63) is 279 Å².